The van der Waals surface area contributed by atoms with Gasteiger partial charge in [0.1, 0.15) is 0 Å². The summed E-state index contributed by atoms with van der Waals surface area (Å²) in [5, 5.41) is 4.75. The molecule has 0 bridgehead atoms. The van der Waals surface area contributed by atoms with E-state index in [1.54, 1.807) is 0 Å². The van der Waals surface area contributed by atoms with Crippen LogP contribution in [-0.4, -0.2) is 18.1 Å². The number of hydrogen-bond acceptors (Lipinski definition) is 1. The van der Waals surface area contributed by atoms with Gasteiger partial charge in [-0.25, -0.2) is 0 Å². The second-order valence-corrected chi connectivity index (χ2v) is 4.32. The molecule has 0 saturated carbocycles. The molecule has 0 aliphatic rings. The monoisotopic (exact) mass is 216 g/mol. The summed E-state index contributed by atoms with van der Waals surface area (Å²) in [6, 6.07) is 6.59. The van der Waals surface area contributed by atoms with Crippen LogP contribution in [0.25, 0.3) is 10.9 Å². The standard InChI is InChI=1S/C14H20N2/c1-3-15-8-4-5-12-10-16-14-7-6-11(2)9-13(12)14/h6-7,9-10,15-16H,3-5,8H2,1-2H3. The Morgan fingerprint density at radius 2 is 2.19 bits per heavy atom. The first-order valence-electron chi connectivity index (χ1n) is 6.08. The van der Waals surface area contributed by atoms with Gasteiger partial charge in [-0.05, 0) is 50.6 Å². The minimum absolute atomic E-state index is 1.06. The van der Waals surface area contributed by atoms with Crippen LogP contribution in [0.3, 0.4) is 0 Å². The van der Waals surface area contributed by atoms with Crippen molar-refractivity contribution in [3.05, 3.63) is 35.5 Å². The molecule has 0 spiro atoms. The van der Waals surface area contributed by atoms with Crippen LogP contribution in [0.1, 0.15) is 24.5 Å². The molecule has 0 unspecified atom stereocenters. The maximum atomic E-state index is 3.36. The van der Waals surface area contributed by atoms with Gasteiger partial charge in [-0.15, -0.1) is 0 Å². The molecule has 1 heterocycles. The molecule has 0 atom stereocenters. The van der Waals surface area contributed by atoms with Crippen LogP contribution in [0.15, 0.2) is 24.4 Å². The number of aryl methyl sites for hydroxylation is 2. The minimum Gasteiger partial charge on any atom is -0.361 e. The van der Waals surface area contributed by atoms with E-state index in [0.717, 1.165) is 19.5 Å². The van der Waals surface area contributed by atoms with Crippen molar-refractivity contribution in [2.24, 2.45) is 0 Å². The molecule has 16 heavy (non-hydrogen) atoms. The van der Waals surface area contributed by atoms with Gasteiger partial charge < -0.3 is 10.3 Å². The molecule has 0 radical (unpaired) electrons. The third kappa shape index (κ3) is 2.45. The third-order valence-electron chi connectivity index (χ3n) is 2.97. The molecular formula is C14H20N2. The van der Waals surface area contributed by atoms with Crippen LogP contribution >= 0.6 is 0 Å². The Kier molecular flexibility index (Phi) is 3.62. The quantitative estimate of drug-likeness (QED) is 0.739. The summed E-state index contributed by atoms with van der Waals surface area (Å²) in [4.78, 5) is 3.34. The fourth-order valence-electron chi connectivity index (χ4n) is 2.08. The Hall–Kier alpha value is -1.28. The van der Waals surface area contributed by atoms with Gasteiger partial charge in [0.15, 0.2) is 0 Å². The minimum atomic E-state index is 1.06. The van der Waals surface area contributed by atoms with Gasteiger partial charge in [-0.1, -0.05) is 18.6 Å². The maximum Gasteiger partial charge on any atom is 0.0456 e. The van der Waals surface area contributed by atoms with E-state index in [9.17, 15) is 0 Å². The summed E-state index contributed by atoms with van der Waals surface area (Å²) in [5.41, 5.74) is 4.03. The van der Waals surface area contributed by atoms with Gasteiger partial charge in [-0.2, -0.15) is 0 Å². The lowest BCUT2D eigenvalue weighted by atomic mass is 10.1. The maximum absolute atomic E-state index is 3.36. The van der Waals surface area contributed by atoms with E-state index in [2.05, 4.69) is 48.5 Å². The zero-order chi connectivity index (χ0) is 11.4. The second-order valence-electron chi connectivity index (χ2n) is 4.32. The van der Waals surface area contributed by atoms with E-state index in [1.165, 1.54) is 28.5 Å². The van der Waals surface area contributed by atoms with Crippen LogP contribution in [0, 0.1) is 6.92 Å². The molecule has 2 rings (SSSR count). The van der Waals surface area contributed by atoms with Crippen molar-refractivity contribution < 1.29 is 0 Å². The lowest BCUT2D eigenvalue weighted by molar-refractivity contribution is 0.674. The Morgan fingerprint density at radius 1 is 1.31 bits per heavy atom. The molecular weight excluding hydrogens is 196 g/mol. The normalized spacial score (nSPS) is 11.1. The van der Waals surface area contributed by atoms with Gasteiger partial charge in [-0.3, -0.25) is 0 Å². The van der Waals surface area contributed by atoms with Gasteiger partial charge >= 0.3 is 0 Å². The Labute approximate surface area is 97.1 Å². The predicted molar refractivity (Wildman–Crippen MR) is 69.9 cm³/mol. The zero-order valence-corrected chi connectivity index (χ0v) is 10.1. The van der Waals surface area contributed by atoms with E-state index < -0.39 is 0 Å². The molecule has 0 amide bonds. The van der Waals surface area contributed by atoms with Crippen molar-refractivity contribution in [3.8, 4) is 0 Å². The van der Waals surface area contributed by atoms with E-state index in [1.807, 2.05) is 0 Å². The number of rotatable bonds is 5. The van der Waals surface area contributed by atoms with Gasteiger partial charge in [0.05, 0.1) is 0 Å². The van der Waals surface area contributed by atoms with Crippen LogP contribution in [0.2, 0.25) is 0 Å². The number of aromatic nitrogens is 1. The van der Waals surface area contributed by atoms with E-state index in [-0.39, 0.29) is 0 Å². The molecule has 0 aliphatic heterocycles. The van der Waals surface area contributed by atoms with Crippen LogP contribution in [-0.2, 0) is 6.42 Å². The number of nitrogens with one attached hydrogen (secondary N) is 2. The first-order valence-corrected chi connectivity index (χ1v) is 6.08. The average Bonchev–Trinajstić information content (AvgIpc) is 2.67. The number of H-pyrrole nitrogens is 1. The fourth-order valence-corrected chi connectivity index (χ4v) is 2.08. The lowest BCUT2D eigenvalue weighted by Gasteiger charge is -2.01. The molecule has 0 fully saturated rings. The summed E-state index contributed by atoms with van der Waals surface area (Å²) < 4.78 is 0. The summed E-state index contributed by atoms with van der Waals surface area (Å²) in [5.74, 6) is 0. The Balaban J connectivity index is 2.09. The summed E-state index contributed by atoms with van der Waals surface area (Å²) >= 11 is 0. The molecule has 2 nitrogen and oxygen atoms in total. The Morgan fingerprint density at radius 3 is 3.00 bits per heavy atom. The van der Waals surface area contributed by atoms with Crippen molar-refractivity contribution in [3.63, 3.8) is 0 Å². The highest BCUT2D eigenvalue weighted by Gasteiger charge is 2.02. The number of fused-ring (bicyclic) bond motifs is 1. The molecule has 1 aromatic carbocycles. The molecule has 86 valence electrons. The van der Waals surface area contributed by atoms with E-state index >= 15 is 0 Å². The molecule has 2 N–H and O–H groups in total. The van der Waals surface area contributed by atoms with Crippen LogP contribution in [0.4, 0.5) is 0 Å². The van der Waals surface area contributed by atoms with Gasteiger partial charge in [0.2, 0.25) is 0 Å². The van der Waals surface area contributed by atoms with Crippen molar-refractivity contribution in [1.29, 1.82) is 0 Å². The highest BCUT2D eigenvalue weighted by Crippen LogP contribution is 2.20. The van der Waals surface area contributed by atoms with Crippen LogP contribution < -0.4 is 5.32 Å². The van der Waals surface area contributed by atoms with Crippen molar-refractivity contribution in [1.82, 2.24) is 10.3 Å². The average molecular weight is 216 g/mol. The first kappa shape index (κ1) is 11.2. The summed E-state index contributed by atoms with van der Waals surface area (Å²) in [6.45, 7) is 6.46. The van der Waals surface area contributed by atoms with Crippen LogP contribution in [0.5, 0.6) is 0 Å². The lowest BCUT2D eigenvalue weighted by Crippen LogP contribution is -2.14. The van der Waals surface area contributed by atoms with E-state index in [4.69, 9.17) is 0 Å². The number of aromatic amines is 1. The number of benzene rings is 1. The molecule has 2 aromatic rings. The smallest absolute Gasteiger partial charge is 0.0456 e. The topological polar surface area (TPSA) is 27.8 Å². The first-order chi connectivity index (χ1) is 7.81. The predicted octanol–water partition coefficient (Wildman–Crippen LogP) is 3.02. The van der Waals surface area contributed by atoms with Crippen molar-refractivity contribution in [2.75, 3.05) is 13.1 Å². The largest absolute Gasteiger partial charge is 0.361 e. The zero-order valence-electron chi connectivity index (χ0n) is 10.1. The fraction of sp³-hybridized carbons (Fsp3) is 0.429. The molecule has 0 aliphatic carbocycles. The molecule has 2 heteroatoms. The van der Waals surface area contributed by atoms with Gasteiger partial charge in [0, 0.05) is 17.1 Å². The Bertz CT molecular complexity index is 457. The summed E-state index contributed by atoms with van der Waals surface area (Å²) in [6.07, 6.45) is 4.50. The SMILES string of the molecule is CCNCCCc1c[nH]c2ccc(C)cc12. The molecule has 0 saturated heterocycles. The number of hydrogen-bond donors (Lipinski definition) is 2. The van der Waals surface area contributed by atoms with E-state index in [0.29, 0.717) is 0 Å². The third-order valence-corrected chi connectivity index (χ3v) is 2.97. The van der Waals surface area contributed by atoms with Crippen molar-refractivity contribution >= 4 is 10.9 Å². The van der Waals surface area contributed by atoms with Crippen molar-refractivity contribution in [2.45, 2.75) is 26.7 Å². The molecule has 1 aromatic heterocycles. The highest BCUT2D eigenvalue weighted by atomic mass is 14.8. The highest BCUT2D eigenvalue weighted by molar-refractivity contribution is 5.83. The summed E-state index contributed by atoms with van der Waals surface area (Å²) in [7, 11) is 0. The second kappa shape index (κ2) is 5.17. The van der Waals surface area contributed by atoms with Gasteiger partial charge in [0.25, 0.3) is 0 Å².